The van der Waals surface area contributed by atoms with Gasteiger partial charge in [0, 0.05) is 17.7 Å². The van der Waals surface area contributed by atoms with E-state index >= 15 is 0 Å². The first-order valence-electron chi connectivity index (χ1n) is 6.78. The molecule has 0 aromatic heterocycles. The Kier molecular flexibility index (Phi) is 3.84. The molecule has 0 radical (unpaired) electrons. The molecule has 0 spiro atoms. The molecule has 118 valence electrons. The Morgan fingerprint density at radius 1 is 1.30 bits per heavy atom. The number of fused-ring (bicyclic) bond motifs is 1. The van der Waals surface area contributed by atoms with Crippen molar-refractivity contribution in [3.05, 3.63) is 47.8 Å². The summed E-state index contributed by atoms with van der Waals surface area (Å²) >= 11 is 0. The molecule has 0 fully saturated rings. The van der Waals surface area contributed by atoms with Crippen molar-refractivity contribution in [3.8, 4) is 11.5 Å². The van der Waals surface area contributed by atoms with Crippen LogP contribution in [0.1, 0.15) is 10.4 Å². The van der Waals surface area contributed by atoms with Crippen molar-refractivity contribution in [2.24, 2.45) is 0 Å². The summed E-state index contributed by atoms with van der Waals surface area (Å²) in [6, 6.07) is 8.73. The minimum Gasteiger partial charge on any atom is -0.497 e. The third-order valence-electron chi connectivity index (χ3n) is 3.28. The van der Waals surface area contributed by atoms with Gasteiger partial charge in [-0.15, -0.1) is 0 Å². The van der Waals surface area contributed by atoms with E-state index in [1.54, 1.807) is 24.3 Å². The number of ether oxygens (including phenoxy) is 2. The first-order valence-corrected chi connectivity index (χ1v) is 6.78. The number of amides is 2. The molecule has 2 amide bonds. The first-order chi connectivity index (χ1) is 11.1. The highest BCUT2D eigenvalue weighted by molar-refractivity contribution is 6.06. The molecule has 0 aliphatic carbocycles. The summed E-state index contributed by atoms with van der Waals surface area (Å²) in [5.41, 5.74) is 0.718. The number of nitrogens with one attached hydrogen (secondary N) is 2. The highest BCUT2D eigenvalue weighted by atomic mass is 19.1. The van der Waals surface area contributed by atoms with Crippen LogP contribution in [0.15, 0.2) is 36.4 Å². The van der Waals surface area contributed by atoms with Crippen molar-refractivity contribution in [2.45, 2.75) is 0 Å². The molecule has 0 bridgehead atoms. The van der Waals surface area contributed by atoms with Gasteiger partial charge in [0.25, 0.3) is 11.8 Å². The molecule has 23 heavy (non-hydrogen) atoms. The number of hydrogen-bond donors (Lipinski definition) is 2. The Morgan fingerprint density at radius 2 is 2.04 bits per heavy atom. The average Bonchev–Trinajstić information content (AvgIpc) is 2.54. The van der Waals surface area contributed by atoms with Gasteiger partial charge in [-0.1, -0.05) is 0 Å². The second-order valence-electron chi connectivity index (χ2n) is 4.85. The Bertz CT molecular complexity index is 774. The Labute approximate surface area is 131 Å². The van der Waals surface area contributed by atoms with Crippen molar-refractivity contribution in [1.82, 2.24) is 0 Å². The molecule has 1 heterocycles. The fourth-order valence-electron chi connectivity index (χ4n) is 2.20. The molecule has 2 aromatic rings. The van der Waals surface area contributed by atoms with E-state index in [4.69, 9.17) is 9.47 Å². The van der Waals surface area contributed by atoms with E-state index in [9.17, 15) is 14.0 Å². The average molecular weight is 316 g/mol. The molecule has 1 aliphatic rings. The zero-order valence-corrected chi connectivity index (χ0v) is 12.2. The molecular formula is C16H13FN2O4. The van der Waals surface area contributed by atoms with Crippen LogP contribution in [0.5, 0.6) is 11.5 Å². The second kappa shape index (κ2) is 5.96. The summed E-state index contributed by atoms with van der Waals surface area (Å²) in [7, 11) is 1.53. The molecule has 7 heteroatoms. The van der Waals surface area contributed by atoms with E-state index in [0.717, 1.165) is 12.1 Å². The number of carbonyl (C=O) groups excluding carboxylic acids is 2. The van der Waals surface area contributed by atoms with Gasteiger partial charge in [-0.3, -0.25) is 9.59 Å². The zero-order chi connectivity index (χ0) is 16.4. The topological polar surface area (TPSA) is 76.7 Å². The highest BCUT2D eigenvalue weighted by Crippen LogP contribution is 2.36. The third kappa shape index (κ3) is 3.08. The molecule has 6 nitrogen and oxygen atoms in total. The van der Waals surface area contributed by atoms with Gasteiger partial charge < -0.3 is 20.1 Å². The van der Waals surface area contributed by atoms with Crippen LogP contribution < -0.4 is 20.1 Å². The normalized spacial score (nSPS) is 12.7. The molecule has 2 N–H and O–H groups in total. The standard InChI is InChI=1S/C16H13FN2O4/c1-22-11-4-2-9(3-5-11)16(21)19-13-7-10(17)6-12-15(13)23-8-14(20)18-12/h2-7H,8H2,1H3,(H,18,20)(H,19,21). The quantitative estimate of drug-likeness (QED) is 0.912. The van der Waals surface area contributed by atoms with Crippen LogP contribution in [-0.4, -0.2) is 25.5 Å². The van der Waals surface area contributed by atoms with Crippen LogP contribution >= 0.6 is 0 Å². The number of anilines is 2. The van der Waals surface area contributed by atoms with Crippen LogP contribution in [0.2, 0.25) is 0 Å². The predicted molar refractivity (Wildman–Crippen MR) is 81.5 cm³/mol. The summed E-state index contributed by atoms with van der Waals surface area (Å²) in [5.74, 6) is -0.556. The van der Waals surface area contributed by atoms with Gasteiger partial charge in [0.05, 0.1) is 18.5 Å². The molecule has 0 atom stereocenters. The van der Waals surface area contributed by atoms with Gasteiger partial charge in [-0.25, -0.2) is 4.39 Å². The Hall–Kier alpha value is -3.09. The van der Waals surface area contributed by atoms with E-state index < -0.39 is 11.7 Å². The van der Waals surface area contributed by atoms with Crippen LogP contribution in [0.3, 0.4) is 0 Å². The van der Waals surface area contributed by atoms with Gasteiger partial charge in [-0.05, 0) is 24.3 Å². The fraction of sp³-hybridized carbons (Fsp3) is 0.125. The molecule has 0 saturated carbocycles. The molecule has 2 aromatic carbocycles. The second-order valence-corrected chi connectivity index (χ2v) is 4.85. The van der Waals surface area contributed by atoms with Crippen molar-refractivity contribution in [3.63, 3.8) is 0 Å². The van der Waals surface area contributed by atoms with E-state index in [0.29, 0.717) is 11.3 Å². The lowest BCUT2D eigenvalue weighted by Gasteiger charge is -2.21. The maximum atomic E-state index is 13.7. The van der Waals surface area contributed by atoms with Crippen molar-refractivity contribution >= 4 is 23.2 Å². The molecule has 0 unspecified atom stereocenters. The summed E-state index contributed by atoms with van der Waals surface area (Å²) in [6.07, 6.45) is 0. The van der Waals surface area contributed by atoms with Crippen molar-refractivity contribution in [1.29, 1.82) is 0 Å². The van der Waals surface area contributed by atoms with Gasteiger partial charge in [-0.2, -0.15) is 0 Å². The molecule has 3 rings (SSSR count). The SMILES string of the molecule is COc1ccc(C(=O)Nc2cc(F)cc3c2OCC(=O)N3)cc1. The number of rotatable bonds is 3. The summed E-state index contributed by atoms with van der Waals surface area (Å²) in [4.78, 5) is 23.6. The maximum absolute atomic E-state index is 13.7. The van der Waals surface area contributed by atoms with Gasteiger partial charge in [0.1, 0.15) is 11.6 Å². The minimum atomic E-state index is -0.598. The first kappa shape index (κ1) is 14.8. The van der Waals surface area contributed by atoms with E-state index in [2.05, 4.69) is 10.6 Å². The fourth-order valence-corrected chi connectivity index (χ4v) is 2.20. The van der Waals surface area contributed by atoms with Crippen molar-refractivity contribution in [2.75, 3.05) is 24.4 Å². The Balaban J connectivity index is 1.87. The summed E-state index contributed by atoms with van der Waals surface area (Å²) < 4.78 is 24.0. The summed E-state index contributed by atoms with van der Waals surface area (Å²) in [5, 5.41) is 5.08. The number of halogens is 1. The lowest BCUT2D eigenvalue weighted by Crippen LogP contribution is -2.26. The number of benzene rings is 2. The lowest BCUT2D eigenvalue weighted by atomic mass is 10.1. The molecule has 1 aliphatic heterocycles. The largest absolute Gasteiger partial charge is 0.497 e. The molecule has 0 saturated heterocycles. The Morgan fingerprint density at radius 3 is 2.74 bits per heavy atom. The van der Waals surface area contributed by atoms with Crippen LogP contribution in [-0.2, 0) is 4.79 Å². The van der Waals surface area contributed by atoms with E-state index in [1.165, 1.54) is 7.11 Å². The van der Waals surface area contributed by atoms with E-state index in [-0.39, 0.29) is 29.6 Å². The number of hydrogen-bond acceptors (Lipinski definition) is 4. The summed E-state index contributed by atoms with van der Waals surface area (Å²) in [6.45, 7) is -0.190. The lowest BCUT2D eigenvalue weighted by molar-refractivity contribution is -0.118. The number of methoxy groups -OCH3 is 1. The zero-order valence-electron chi connectivity index (χ0n) is 12.2. The van der Waals surface area contributed by atoms with Crippen molar-refractivity contribution < 1.29 is 23.5 Å². The highest BCUT2D eigenvalue weighted by Gasteiger charge is 2.22. The van der Waals surface area contributed by atoms with Crippen LogP contribution in [0.4, 0.5) is 15.8 Å². The maximum Gasteiger partial charge on any atom is 0.262 e. The smallest absolute Gasteiger partial charge is 0.262 e. The number of carbonyl (C=O) groups is 2. The van der Waals surface area contributed by atoms with E-state index in [1.807, 2.05) is 0 Å². The predicted octanol–water partition coefficient (Wildman–Crippen LogP) is 2.42. The third-order valence-corrected chi connectivity index (χ3v) is 3.28. The monoisotopic (exact) mass is 316 g/mol. The van der Waals surface area contributed by atoms with Gasteiger partial charge in [0.15, 0.2) is 12.4 Å². The minimum absolute atomic E-state index is 0.154. The molecular weight excluding hydrogens is 303 g/mol. The van der Waals surface area contributed by atoms with Crippen LogP contribution in [0.25, 0.3) is 0 Å². The van der Waals surface area contributed by atoms with Crippen LogP contribution in [0, 0.1) is 5.82 Å². The van der Waals surface area contributed by atoms with Gasteiger partial charge in [0.2, 0.25) is 0 Å². The van der Waals surface area contributed by atoms with Gasteiger partial charge >= 0.3 is 0 Å².